The van der Waals surface area contributed by atoms with Gasteiger partial charge >= 0.3 is 5.69 Å². The van der Waals surface area contributed by atoms with Crippen LogP contribution in [0.2, 0.25) is 0 Å². The standard InChI is InChI=1S/C22H21N5O5S/c1-12-4-6-16(8-13(12)2)26-11-15(10-19(26)28)21-24-25-22(33-21)23-20(29)14-5-7-18(32-3)17(9-14)27(30)31/h4-9,15H,10-11H2,1-3H3,(H,23,25,29). The second-order valence-electron chi connectivity index (χ2n) is 7.72. The summed E-state index contributed by atoms with van der Waals surface area (Å²) < 4.78 is 4.96. The van der Waals surface area contributed by atoms with E-state index in [-0.39, 0.29) is 34.0 Å². The number of aromatic nitrogens is 2. The number of anilines is 2. The Morgan fingerprint density at radius 3 is 2.70 bits per heavy atom. The number of methoxy groups -OCH3 is 1. The van der Waals surface area contributed by atoms with Gasteiger partial charge < -0.3 is 9.64 Å². The Labute approximate surface area is 193 Å². The zero-order valence-electron chi connectivity index (χ0n) is 18.2. The van der Waals surface area contributed by atoms with Crippen LogP contribution in [-0.2, 0) is 4.79 Å². The molecule has 1 N–H and O–H groups in total. The Balaban J connectivity index is 1.47. The van der Waals surface area contributed by atoms with Gasteiger partial charge in [0.25, 0.3) is 5.91 Å². The molecule has 1 aliphatic rings. The first kappa shape index (κ1) is 22.3. The van der Waals surface area contributed by atoms with Gasteiger partial charge in [-0.05, 0) is 49.2 Å². The molecule has 3 aromatic rings. The van der Waals surface area contributed by atoms with E-state index in [1.54, 1.807) is 4.90 Å². The van der Waals surface area contributed by atoms with Crippen LogP contribution in [0.25, 0.3) is 0 Å². The maximum Gasteiger partial charge on any atom is 0.311 e. The minimum absolute atomic E-state index is 0.00887. The molecule has 0 saturated carbocycles. The van der Waals surface area contributed by atoms with Crippen molar-refractivity contribution in [2.45, 2.75) is 26.2 Å². The molecule has 2 aromatic carbocycles. The van der Waals surface area contributed by atoms with E-state index in [4.69, 9.17) is 4.74 Å². The number of nitro groups is 1. The van der Waals surface area contributed by atoms with Gasteiger partial charge in [-0.2, -0.15) is 0 Å². The molecule has 0 radical (unpaired) electrons. The van der Waals surface area contributed by atoms with E-state index in [2.05, 4.69) is 15.5 Å². The lowest BCUT2D eigenvalue weighted by atomic mass is 10.1. The van der Waals surface area contributed by atoms with Crippen molar-refractivity contribution in [2.75, 3.05) is 23.9 Å². The molecule has 33 heavy (non-hydrogen) atoms. The van der Waals surface area contributed by atoms with E-state index in [0.29, 0.717) is 18.0 Å². The van der Waals surface area contributed by atoms with Crippen LogP contribution in [0.5, 0.6) is 5.75 Å². The predicted octanol–water partition coefficient (Wildman–Crippen LogP) is 3.84. The number of nitro benzene ring substituents is 1. The summed E-state index contributed by atoms with van der Waals surface area (Å²) in [7, 11) is 1.32. The minimum atomic E-state index is -0.614. The van der Waals surface area contributed by atoms with E-state index in [1.165, 1.54) is 30.6 Å². The quantitative estimate of drug-likeness (QED) is 0.431. The van der Waals surface area contributed by atoms with Crippen LogP contribution in [0.1, 0.15) is 38.8 Å². The number of nitrogens with zero attached hydrogens (tertiary/aromatic N) is 4. The molecule has 0 aliphatic carbocycles. The fraction of sp³-hybridized carbons (Fsp3) is 0.273. The third kappa shape index (κ3) is 4.53. The number of benzene rings is 2. The first-order valence-corrected chi connectivity index (χ1v) is 10.9. The van der Waals surface area contributed by atoms with Crippen LogP contribution in [0, 0.1) is 24.0 Å². The Morgan fingerprint density at radius 2 is 2.00 bits per heavy atom. The van der Waals surface area contributed by atoms with Gasteiger partial charge in [0.05, 0.1) is 12.0 Å². The lowest BCUT2D eigenvalue weighted by Gasteiger charge is -2.17. The van der Waals surface area contributed by atoms with Crippen LogP contribution >= 0.6 is 11.3 Å². The third-order valence-electron chi connectivity index (χ3n) is 5.58. The highest BCUT2D eigenvalue weighted by Crippen LogP contribution is 2.35. The Hall–Kier alpha value is -3.86. The minimum Gasteiger partial charge on any atom is -0.490 e. The lowest BCUT2D eigenvalue weighted by molar-refractivity contribution is -0.385. The van der Waals surface area contributed by atoms with Crippen molar-refractivity contribution in [2.24, 2.45) is 0 Å². The van der Waals surface area contributed by atoms with E-state index in [9.17, 15) is 19.7 Å². The largest absolute Gasteiger partial charge is 0.490 e. The van der Waals surface area contributed by atoms with Crippen molar-refractivity contribution < 1.29 is 19.2 Å². The summed E-state index contributed by atoms with van der Waals surface area (Å²) in [6.07, 6.45) is 0.306. The van der Waals surface area contributed by atoms with Crippen molar-refractivity contribution in [3.63, 3.8) is 0 Å². The second-order valence-corrected chi connectivity index (χ2v) is 8.73. The number of carbonyl (C=O) groups excluding carboxylic acids is 2. The molecule has 1 fully saturated rings. The fourth-order valence-corrected chi connectivity index (χ4v) is 4.44. The smallest absolute Gasteiger partial charge is 0.311 e. The van der Waals surface area contributed by atoms with Crippen molar-refractivity contribution in [3.8, 4) is 5.75 Å². The molecule has 170 valence electrons. The number of rotatable bonds is 6. The molecule has 0 bridgehead atoms. The summed E-state index contributed by atoms with van der Waals surface area (Å²) >= 11 is 1.18. The Bertz CT molecular complexity index is 1260. The highest BCUT2D eigenvalue weighted by Gasteiger charge is 2.34. The highest BCUT2D eigenvalue weighted by molar-refractivity contribution is 7.15. The number of hydrogen-bond donors (Lipinski definition) is 1. The first-order chi connectivity index (χ1) is 15.8. The molecular weight excluding hydrogens is 446 g/mol. The van der Waals surface area contributed by atoms with Gasteiger partial charge in [-0.15, -0.1) is 10.2 Å². The number of amides is 2. The van der Waals surface area contributed by atoms with Crippen LogP contribution < -0.4 is 15.0 Å². The summed E-state index contributed by atoms with van der Waals surface area (Å²) in [5.74, 6) is -0.615. The average Bonchev–Trinajstić information content (AvgIpc) is 3.41. The van der Waals surface area contributed by atoms with Gasteiger partial charge in [0.15, 0.2) is 5.75 Å². The van der Waals surface area contributed by atoms with Gasteiger partial charge in [0.1, 0.15) is 5.01 Å². The van der Waals surface area contributed by atoms with E-state index >= 15 is 0 Å². The first-order valence-electron chi connectivity index (χ1n) is 10.1. The summed E-state index contributed by atoms with van der Waals surface area (Å²) in [5, 5.41) is 22.9. The van der Waals surface area contributed by atoms with Gasteiger partial charge in [0, 0.05) is 36.2 Å². The molecule has 2 heterocycles. The van der Waals surface area contributed by atoms with Crippen molar-refractivity contribution in [3.05, 3.63) is 68.2 Å². The Morgan fingerprint density at radius 1 is 1.21 bits per heavy atom. The predicted molar refractivity (Wildman–Crippen MR) is 123 cm³/mol. The summed E-state index contributed by atoms with van der Waals surface area (Å²) in [6.45, 7) is 4.51. The maximum atomic E-state index is 12.6. The normalized spacial score (nSPS) is 15.5. The van der Waals surface area contributed by atoms with Gasteiger partial charge in [-0.3, -0.25) is 25.0 Å². The molecule has 0 spiro atoms. The lowest BCUT2D eigenvalue weighted by Crippen LogP contribution is -2.24. The summed E-state index contributed by atoms with van der Waals surface area (Å²) in [4.78, 5) is 37.5. The molecule has 4 rings (SSSR count). The number of aryl methyl sites for hydroxylation is 2. The van der Waals surface area contributed by atoms with Gasteiger partial charge in [-0.25, -0.2) is 0 Å². The maximum absolute atomic E-state index is 12.6. The second kappa shape index (κ2) is 8.94. The molecule has 1 aliphatic heterocycles. The molecule has 1 unspecified atom stereocenters. The topological polar surface area (TPSA) is 128 Å². The summed E-state index contributed by atoms with van der Waals surface area (Å²) in [5.41, 5.74) is 2.91. The average molecular weight is 468 g/mol. The van der Waals surface area contributed by atoms with Crippen LogP contribution in [0.3, 0.4) is 0 Å². The molecule has 1 atom stereocenters. The monoisotopic (exact) mass is 467 g/mol. The molecule has 1 saturated heterocycles. The third-order valence-corrected chi connectivity index (χ3v) is 6.58. The van der Waals surface area contributed by atoms with Crippen LogP contribution in [-0.4, -0.2) is 40.6 Å². The van der Waals surface area contributed by atoms with E-state index in [0.717, 1.165) is 22.9 Å². The SMILES string of the molecule is COc1ccc(C(=O)Nc2nnc(C3CC(=O)N(c4ccc(C)c(C)c4)C3)s2)cc1[N+](=O)[O-]. The van der Waals surface area contributed by atoms with E-state index < -0.39 is 10.8 Å². The molecule has 11 heteroatoms. The number of hydrogen-bond acceptors (Lipinski definition) is 8. The van der Waals surface area contributed by atoms with Gasteiger partial charge in [-0.1, -0.05) is 17.4 Å². The molecular formula is C22H21N5O5S. The van der Waals surface area contributed by atoms with Crippen molar-refractivity contribution in [1.82, 2.24) is 10.2 Å². The molecule has 1 aromatic heterocycles. The summed E-state index contributed by atoms with van der Waals surface area (Å²) in [6, 6.07) is 9.86. The zero-order chi connectivity index (χ0) is 23.7. The number of ether oxygens (including phenoxy) is 1. The van der Waals surface area contributed by atoms with Crippen LogP contribution in [0.4, 0.5) is 16.5 Å². The highest BCUT2D eigenvalue weighted by atomic mass is 32.1. The van der Waals surface area contributed by atoms with Gasteiger partial charge in [0.2, 0.25) is 11.0 Å². The fourth-order valence-electron chi connectivity index (χ4n) is 3.61. The zero-order valence-corrected chi connectivity index (χ0v) is 19.0. The number of carbonyl (C=O) groups is 2. The van der Waals surface area contributed by atoms with Crippen LogP contribution in [0.15, 0.2) is 36.4 Å². The Kier molecular flexibility index (Phi) is 6.05. The van der Waals surface area contributed by atoms with E-state index in [1.807, 2.05) is 32.0 Å². The molecule has 2 amide bonds. The molecule has 10 nitrogen and oxygen atoms in total. The number of nitrogens with one attached hydrogen (secondary N) is 1. The van der Waals surface area contributed by atoms with Crippen molar-refractivity contribution >= 4 is 39.7 Å². The van der Waals surface area contributed by atoms with Crippen molar-refractivity contribution in [1.29, 1.82) is 0 Å².